The number of carbonyl (C=O) groups is 1. The highest BCUT2D eigenvalue weighted by Crippen LogP contribution is 2.21. The van der Waals surface area contributed by atoms with Crippen LogP contribution in [0.3, 0.4) is 0 Å². The minimum atomic E-state index is 0.0734. The predicted molar refractivity (Wildman–Crippen MR) is 49.0 cm³/mol. The van der Waals surface area contributed by atoms with Crippen molar-refractivity contribution in [3.63, 3.8) is 0 Å². The molecular formula is C9H18N2O. The minimum absolute atomic E-state index is 0.0734. The van der Waals surface area contributed by atoms with E-state index in [4.69, 9.17) is 0 Å². The van der Waals surface area contributed by atoms with Crippen LogP contribution in [0.25, 0.3) is 0 Å². The molecule has 0 atom stereocenters. The number of nitrogens with one attached hydrogen (secondary N) is 1. The summed E-state index contributed by atoms with van der Waals surface area (Å²) in [5.41, 5.74) is 0.207. The van der Waals surface area contributed by atoms with Crippen molar-refractivity contribution < 1.29 is 4.79 Å². The lowest BCUT2D eigenvalue weighted by molar-refractivity contribution is 0.120. The standard InChI is InChI=1S/C9H18N2O/c1-7(2)11-6-9(3,4)5-10-8(11)12/h7H,5-6H2,1-4H3,(H,10,12). The zero-order chi connectivity index (χ0) is 9.35. The Labute approximate surface area is 74.1 Å². The molecule has 1 aliphatic heterocycles. The van der Waals surface area contributed by atoms with Crippen molar-refractivity contribution in [2.24, 2.45) is 5.41 Å². The minimum Gasteiger partial charge on any atom is -0.337 e. The molecule has 3 nitrogen and oxygen atoms in total. The monoisotopic (exact) mass is 170 g/mol. The fraction of sp³-hybridized carbons (Fsp3) is 0.889. The maximum absolute atomic E-state index is 11.3. The van der Waals surface area contributed by atoms with E-state index in [0.29, 0.717) is 6.04 Å². The second kappa shape index (κ2) is 2.96. The lowest BCUT2D eigenvalue weighted by atomic mass is 9.91. The molecule has 0 unspecified atom stereocenters. The average Bonchev–Trinajstić information content (AvgIpc) is 1.94. The van der Waals surface area contributed by atoms with Gasteiger partial charge in [-0.2, -0.15) is 0 Å². The van der Waals surface area contributed by atoms with Gasteiger partial charge in [-0.3, -0.25) is 0 Å². The fourth-order valence-corrected chi connectivity index (χ4v) is 1.42. The van der Waals surface area contributed by atoms with Crippen LogP contribution in [-0.2, 0) is 0 Å². The number of rotatable bonds is 1. The fourth-order valence-electron chi connectivity index (χ4n) is 1.42. The van der Waals surface area contributed by atoms with Crippen molar-refractivity contribution >= 4 is 6.03 Å². The normalized spacial score (nSPS) is 22.8. The summed E-state index contributed by atoms with van der Waals surface area (Å²) in [4.78, 5) is 13.2. The molecule has 0 spiro atoms. The summed E-state index contributed by atoms with van der Waals surface area (Å²) in [5, 5.41) is 2.89. The van der Waals surface area contributed by atoms with Crippen LogP contribution in [-0.4, -0.2) is 30.1 Å². The number of carbonyl (C=O) groups excluding carboxylic acids is 1. The van der Waals surface area contributed by atoms with Gasteiger partial charge in [0, 0.05) is 19.1 Å². The second-order valence-corrected chi connectivity index (χ2v) is 4.54. The molecule has 0 bridgehead atoms. The summed E-state index contributed by atoms with van der Waals surface area (Å²) in [6.07, 6.45) is 0. The molecule has 1 rings (SSSR count). The van der Waals surface area contributed by atoms with Crippen molar-refractivity contribution in [2.45, 2.75) is 33.7 Å². The third kappa shape index (κ3) is 1.90. The van der Waals surface area contributed by atoms with Gasteiger partial charge in [-0.05, 0) is 19.3 Å². The Morgan fingerprint density at radius 1 is 1.50 bits per heavy atom. The summed E-state index contributed by atoms with van der Waals surface area (Å²) in [6.45, 7) is 10.1. The van der Waals surface area contributed by atoms with E-state index in [0.717, 1.165) is 13.1 Å². The first-order valence-corrected chi connectivity index (χ1v) is 4.47. The third-order valence-electron chi connectivity index (χ3n) is 2.20. The number of hydrogen-bond acceptors (Lipinski definition) is 1. The van der Waals surface area contributed by atoms with Crippen molar-refractivity contribution in [3.05, 3.63) is 0 Å². The number of nitrogens with zero attached hydrogens (tertiary/aromatic N) is 1. The van der Waals surface area contributed by atoms with Gasteiger partial charge in [0.2, 0.25) is 0 Å². The number of amides is 2. The molecule has 1 N–H and O–H groups in total. The maximum atomic E-state index is 11.3. The first-order chi connectivity index (χ1) is 5.42. The summed E-state index contributed by atoms with van der Waals surface area (Å²) < 4.78 is 0. The Kier molecular flexibility index (Phi) is 2.31. The van der Waals surface area contributed by atoms with Crippen LogP contribution in [0, 0.1) is 5.41 Å². The first-order valence-electron chi connectivity index (χ1n) is 4.47. The zero-order valence-corrected chi connectivity index (χ0v) is 8.35. The largest absolute Gasteiger partial charge is 0.337 e. The van der Waals surface area contributed by atoms with Crippen LogP contribution in [0.15, 0.2) is 0 Å². The first kappa shape index (κ1) is 9.36. The molecule has 70 valence electrons. The van der Waals surface area contributed by atoms with Crippen LogP contribution in [0.5, 0.6) is 0 Å². The van der Waals surface area contributed by atoms with Crippen molar-refractivity contribution in [1.29, 1.82) is 0 Å². The maximum Gasteiger partial charge on any atom is 0.317 e. The topological polar surface area (TPSA) is 32.3 Å². The Hall–Kier alpha value is -0.730. The Balaban J connectivity index is 2.66. The number of hydrogen-bond donors (Lipinski definition) is 1. The molecule has 0 aliphatic carbocycles. The second-order valence-electron chi connectivity index (χ2n) is 4.54. The van der Waals surface area contributed by atoms with Gasteiger partial charge >= 0.3 is 6.03 Å². The number of urea groups is 1. The SMILES string of the molecule is CC(C)N1CC(C)(C)CNC1=O. The van der Waals surface area contributed by atoms with E-state index in [1.165, 1.54) is 0 Å². The van der Waals surface area contributed by atoms with Gasteiger partial charge in [-0.1, -0.05) is 13.8 Å². The van der Waals surface area contributed by atoms with Gasteiger partial charge in [0.1, 0.15) is 0 Å². The van der Waals surface area contributed by atoms with Crippen LogP contribution in [0.1, 0.15) is 27.7 Å². The lowest BCUT2D eigenvalue weighted by Crippen LogP contribution is -2.56. The molecule has 1 saturated heterocycles. The zero-order valence-electron chi connectivity index (χ0n) is 8.35. The van der Waals surface area contributed by atoms with E-state index >= 15 is 0 Å². The van der Waals surface area contributed by atoms with Gasteiger partial charge in [0.05, 0.1) is 0 Å². The molecule has 3 heteroatoms. The predicted octanol–water partition coefficient (Wildman–Crippen LogP) is 1.45. The van der Waals surface area contributed by atoms with Gasteiger partial charge < -0.3 is 10.2 Å². The van der Waals surface area contributed by atoms with E-state index in [-0.39, 0.29) is 11.4 Å². The molecule has 0 radical (unpaired) electrons. The van der Waals surface area contributed by atoms with E-state index in [1.807, 2.05) is 18.7 Å². The molecule has 1 fully saturated rings. The van der Waals surface area contributed by atoms with Gasteiger partial charge in [0.25, 0.3) is 0 Å². The van der Waals surface area contributed by atoms with Crippen LogP contribution in [0.2, 0.25) is 0 Å². The van der Waals surface area contributed by atoms with Gasteiger partial charge in [0.15, 0.2) is 0 Å². The van der Waals surface area contributed by atoms with E-state index in [9.17, 15) is 4.79 Å². The van der Waals surface area contributed by atoms with Crippen LogP contribution < -0.4 is 5.32 Å². The molecule has 0 aromatic heterocycles. The van der Waals surface area contributed by atoms with Crippen LogP contribution in [0.4, 0.5) is 4.79 Å². The molecule has 1 heterocycles. The molecule has 0 aromatic carbocycles. The molecule has 0 saturated carbocycles. The highest BCUT2D eigenvalue weighted by Gasteiger charge is 2.31. The van der Waals surface area contributed by atoms with Crippen molar-refractivity contribution in [3.8, 4) is 0 Å². The summed E-state index contributed by atoms with van der Waals surface area (Å²) in [5.74, 6) is 0. The molecule has 1 aliphatic rings. The molecular weight excluding hydrogens is 152 g/mol. The smallest absolute Gasteiger partial charge is 0.317 e. The molecule has 2 amide bonds. The van der Waals surface area contributed by atoms with E-state index < -0.39 is 0 Å². The summed E-state index contributed by atoms with van der Waals surface area (Å²) in [7, 11) is 0. The van der Waals surface area contributed by atoms with E-state index in [2.05, 4.69) is 19.2 Å². The summed E-state index contributed by atoms with van der Waals surface area (Å²) >= 11 is 0. The Morgan fingerprint density at radius 3 is 2.50 bits per heavy atom. The Morgan fingerprint density at radius 2 is 2.08 bits per heavy atom. The lowest BCUT2D eigenvalue weighted by Gasteiger charge is -2.40. The van der Waals surface area contributed by atoms with Gasteiger partial charge in [-0.25, -0.2) is 4.79 Å². The molecule has 12 heavy (non-hydrogen) atoms. The van der Waals surface area contributed by atoms with Crippen LogP contribution >= 0.6 is 0 Å². The summed E-state index contributed by atoms with van der Waals surface area (Å²) in [6, 6.07) is 0.369. The highest BCUT2D eigenvalue weighted by atomic mass is 16.2. The van der Waals surface area contributed by atoms with Crippen molar-refractivity contribution in [2.75, 3.05) is 13.1 Å². The third-order valence-corrected chi connectivity index (χ3v) is 2.20. The van der Waals surface area contributed by atoms with E-state index in [1.54, 1.807) is 0 Å². The highest BCUT2D eigenvalue weighted by molar-refractivity contribution is 5.75. The average molecular weight is 170 g/mol. The molecule has 0 aromatic rings. The quantitative estimate of drug-likeness (QED) is 0.634. The van der Waals surface area contributed by atoms with Gasteiger partial charge in [-0.15, -0.1) is 0 Å². The van der Waals surface area contributed by atoms with Crippen molar-refractivity contribution in [1.82, 2.24) is 10.2 Å². The Bertz CT molecular complexity index is 187.